The summed E-state index contributed by atoms with van der Waals surface area (Å²) in [6.07, 6.45) is 4.42. The molecule has 2 aromatic carbocycles. The Hall–Kier alpha value is -2.88. The number of hydrogen-bond acceptors (Lipinski definition) is 3. The number of aryl methyl sites for hydroxylation is 1. The number of hydrogen-bond donors (Lipinski definition) is 1. The van der Waals surface area contributed by atoms with Crippen molar-refractivity contribution in [3.05, 3.63) is 71.3 Å². The third-order valence-electron chi connectivity index (χ3n) is 5.83. The van der Waals surface area contributed by atoms with Crippen molar-refractivity contribution in [3.8, 4) is 0 Å². The number of fused-ring (bicyclic) bond motifs is 1. The van der Waals surface area contributed by atoms with Gasteiger partial charge in [0.1, 0.15) is 5.82 Å². The van der Waals surface area contributed by atoms with E-state index in [2.05, 4.69) is 41.4 Å². The first kappa shape index (κ1) is 17.2. The van der Waals surface area contributed by atoms with Gasteiger partial charge in [-0.15, -0.1) is 0 Å². The Balaban J connectivity index is 1.57. The predicted octanol–water partition coefficient (Wildman–Crippen LogP) is 4.78. The van der Waals surface area contributed by atoms with Gasteiger partial charge in [-0.25, -0.2) is 4.98 Å². The Morgan fingerprint density at radius 2 is 1.93 bits per heavy atom. The third kappa shape index (κ3) is 3.24. The number of carbonyl (C=O) groups is 1. The van der Waals surface area contributed by atoms with E-state index < -0.39 is 0 Å². The molecular formula is C24H25N3O. The molecule has 1 saturated carbocycles. The topological polar surface area (TPSA) is 45.2 Å². The molecule has 1 saturated heterocycles. The highest BCUT2D eigenvalue weighted by Crippen LogP contribution is 2.37. The second-order valence-electron chi connectivity index (χ2n) is 8.06. The van der Waals surface area contributed by atoms with Crippen LogP contribution in [0.4, 0.5) is 5.82 Å². The van der Waals surface area contributed by atoms with Crippen molar-refractivity contribution in [2.24, 2.45) is 0 Å². The molecule has 1 unspecified atom stereocenters. The first-order valence-corrected chi connectivity index (χ1v) is 10.2. The molecule has 5 rings (SSSR count). The van der Waals surface area contributed by atoms with Crippen LogP contribution >= 0.6 is 0 Å². The van der Waals surface area contributed by atoms with Gasteiger partial charge in [-0.2, -0.15) is 0 Å². The van der Waals surface area contributed by atoms with Gasteiger partial charge in [0.15, 0.2) is 0 Å². The van der Waals surface area contributed by atoms with Gasteiger partial charge in [0.05, 0.1) is 17.1 Å². The van der Waals surface area contributed by atoms with Gasteiger partial charge in [-0.1, -0.05) is 48.0 Å². The number of amides is 1. The molecule has 2 aliphatic rings. The number of benzene rings is 2. The summed E-state index contributed by atoms with van der Waals surface area (Å²) in [6.45, 7) is 3.10. The Labute approximate surface area is 165 Å². The van der Waals surface area contributed by atoms with Crippen molar-refractivity contribution in [1.29, 1.82) is 0 Å². The summed E-state index contributed by atoms with van der Waals surface area (Å²) in [4.78, 5) is 20.2. The van der Waals surface area contributed by atoms with E-state index in [1.807, 2.05) is 30.3 Å². The number of pyridine rings is 1. The number of anilines is 1. The lowest BCUT2D eigenvalue weighted by Crippen LogP contribution is -2.27. The maximum Gasteiger partial charge on any atom is 0.252 e. The Morgan fingerprint density at radius 3 is 2.75 bits per heavy atom. The molecule has 0 radical (unpaired) electrons. The van der Waals surface area contributed by atoms with E-state index in [1.54, 1.807) is 0 Å². The van der Waals surface area contributed by atoms with Crippen LogP contribution in [-0.4, -0.2) is 23.5 Å². The number of para-hydroxylation sites is 1. The molecular weight excluding hydrogens is 346 g/mol. The summed E-state index contributed by atoms with van der Waals surface area (Å²) in [5, 5.41) is 4.07. The second kappa shape index (κ2) is 6.93. The average Bonchev–Trinajstić information content (AvgIpc) is 3.38. The summed E-state index contributed by atoms with van der Waals surface area (Å²) in [7, 11) is 0. The molecule has 28 heavy (non-hydrogen) atoms. The molecule has 4 nitrogen and oxygen atoms in total. The molecule has 2 heterocycles. The van der Waals surface area contributed by atoms with Gasteiger partial charge < -0.3 is 10.2 Å². The van der Waals surface area contributed by atoms with Gasteiger partial charge in [-0.3, -0.25) is 4.79 Å². The van der Waals surface area contributed by atoms with Gasteiger partial charge in [-0.05, 0) is 50.3 Å². The molecule has 1 amide bonds. The van der Waals surface area contributed by atoms with E-state index in [4.69, 9.17) is 4.98 Å². The van der Waals surface area contributed by atoms with Crippen LogP contribution in [0.1, 0.15) is 53.2 Å². The molecule has 1 N–H and O–H groups in total. The number of rotatable bonds is 4. The van der Waals surface area contributed by atoms with Crippen LogP contribution in [0, 0.1) is 6.92 Å². The molecule has 4 heteroatoms. The molecule has 142 valence electrons. The van der Waals surface area contributed by atoms with Crippen LogP contribution in [0.3, 0.4) is 0 Å². The summed E-state index contributed by atoms with van der Waals surface area (Å²) in [5.74, 6) is 0.928. The summed E-state index contributed by atoms with van der Waals surface area (Å²) in [5.41, 5.74) is 4.23. The zero-order valence-electron chi connectivity index (χ0n) is 16.2. The van der Waals surface area contributed by atoms with Gasteiger partial charge in [0, 0.05) is 18.0 Å². The summed E-state index contributed by atoms with van der Waals surface area (Å²) < 4.78 is 0. The maximum absolute atomic E-state index is 12.9. The maximum atomic E-state index is 12.9. The molecule has 1 aromatic heterocycles. The third-order valence-corrected chi connectivity index (χ3v) is 5.83. The minimum Gasteiger partial charge on any atom is -0.350 e. The van der Waals surface area contributed by atoms with Crippen LogP contribution in [0.25, 0.3) is 10.9 Å². The van der Waals surface area contributed by atoms with Gasteiger partial charge >= 0.3 is 0 Å². The van der Waals surface area contributed by atoms with Crippen molar-refractivity contribution >= 4 is 22.6 Å². The van der Waals surface area contributed by atoms with E-state index in [0.717, 1.165) is 54.5 Å². The lowest BCUT2D eigenvalue weighted by atomic mass is 10.0. The fraction of sp³-hybridized carbons (Fsp3) is 0.333. The minimum atomic E-state index is 0.0219. The molecule has 1 atom stereocenters. The largest absolute Gasteiger partial charge is 0.350 e. The number of nitrogens with one attached hydrogen (secondary N) is 1. The van der Waals surface area contributed by atoms with E-state index >= 15 is 0 Å². The van der Waals surface area contributed by atoms with Gasteiger partial charge in [0.25, 0.3) is 5.91 Å². The van der Waals surface area contributed by atoms with Crippen LogP contribution < -0.4 is 10.2 Å². The van der Waals surface area contributed by atoms with Gasteiger partial charge in [0.2, 0.25) is 0 Å². The monoisotopic (exact) mass is 371 g/mol. The van der Waals surface area contributed by atoms with Crippen molar-refractivity contribution < 1.29 is 4.79 Å². The normalized spacial score (nSPS) is 19.2. The van der Waals surface area contributed by atoms with Crippen LogP contribution in [0.15, 0.2) is 54.6 Å². The molecule has 0 bridgehead atoms. The Kier molecular flexibility index (Phi) is 4.27. The smallest absolute Gasteiger partial charge is 0.252 e. The highest BCUT2D eigenvalue weighted by Gasteiger charge is 2.29. The summed E-state index contributed by atoms with van der Waals surface area (Å²) >= 11 is 0. The average molecular weight is 371 g/mol. The lowest BCUT2D eigenvalue weighted by Gasteiger charge is -2.27. The van der Waals surface area contributed by atoms with E-state index in [9.17, 15) is 4.79 Å². The highest BCUT2D eigenvalue weighted by molar-refractivity contribution is 6.07. The molecule has 2 fully saturated rings. The van der Waals surface area contributed by atoms with Crippen LogP contribution in [0.2, 0.25) is 0 Å². The highest BCUT2D eigenvalue weighted by atomic mass is 16.1. The van der Waals surface area contributed by atoms with Crippen LogP contribution in [-0.2, 0) is 0 Å². The zero-order chi connectivity index (χ0) is 19.1. The molecule has 1 aliphatic carbocycles. The molecule has 3 aromatic rings. The predicted molar refractivity (Wildman–Crippen MR) is 113 cm³/mol. The van der Waals surface area contributed by atoms with Crippen molar-refractivity contribution in [2.45, 2.75) is 44.7 Å². The molecule has 0 spiro atoms. The number of aromatic nitrogens is 1. The Bertz CT molecular complexity index is 1040. The zero-order valence-corrected chi connectivity index (χ0v) is 16.2. The van der Waals surface area contributed by atoms with E-state index in [-0.39, 0.29) is 5.91 Å². The summed E-state index contributed by atoms with van der Waals surface area (Å²) in [6, 6.07) is 19.4. The first-order chi connectivity index (χ1) is 13.7. The minimum absolute atomic E-state index is 0.0219. The second-order valence-corrected chi connectivity index (χ2v) is 8.06. The van der Waals surface area contributed by atoms with Crippen molar-refractivity contribution in [3.63, 3.8) is 0 Å². The first-order valence-electron chi connectivity index (χ1n) is 10.2. The fourth-order valence-corrected chi connectivity index (χ4v) is 4.25. The fourth-order valence-electron chi connectivity index (χ4n) is 4.25. The van der Waals surface area contributed by atoms with E-state index in [0.29, 0.717) is 12.1 Å². The number of nitrogens with zero attached hydrogens (tertiary/aromatic N) is 2. The van der Waals surface area contributed by atoms with Crippen molar-refractivity contribution in [2.75, 3.05) is 11.4 Å². The number of carbonyl (C=O) groups excluding carboxylic acids is 1. The Morgan fingerprint density at radius 1 is 1.07 bits per heavy atom. The SMILES string of the molecule is Cc1cccc(C2CCCN2c2cc(C(=O)NC3CC3)c3ccccc3n2)c1. The lowest BCUT2D eigenvalue weighted by molar-refractivity contribution is 0.0952. The quantitative estimate of drug-likeness (QED) is 0.718. The van der Waals surface area contributed by atoms with Crippen LogP contribution in [0.5, 0.6) is 0 Å². The van der Waals surface area contributed by atoms with Crippen molar-refractivity contribution in [1.82, 2.24) is 10.3 Å². The molecule has 1 aliphatic heterocycles. The van der Waals surface area contributed by atoms with E-state index in [1.165, 1.54) is 11.1 Å². The standard InChI is InChI=1S/C24H25N3O/c1-16-6-4-7-17(14-16)22-10-5-13-27(22)23-15-20(24(28)25-18-11-12-18)19-8-2-3-9-21(19)26-23/h2-4,6-9,14-15,18,22H,5,10-13H2,1H3,(H,25,28).